The quantitative estimate of drug-likeness (QED) is 0.750. The van der Waals surface area contributed by atoms with Gasteiger partial charge in [-0.2, -0.15) is 0 Å². The Balaban J connectivity index is 0.00000192. The Morgan fingerprint density at radius 2 is 1.91 bits per heavy atom. The zero-order chi connectivity index (χ0) is 15.5. The maximum absolute atomic E-state index is 13.6. The Hall–Kier alpha value is -1.88. The van der Waals surface area contributed by atoms with Gasteiger partial charge in [-0.15, -0.1) is 12.4 Å². The fraction of sp³-hybridized carbons (Fsp3) is 0.222. The van der Waals surface area contributed by atoms with Crippen LogP contribution in [0.1, 0.15) is 11.6 Å². The van der Waals surface area contributed by atoms with Crippen molar-refractivity contribution in [3.05, 3.63) is 72.2 Å². The van der Waals surface area contributed by atoms with Gasteiger partial charge in [0.15, 0.2) is 0 Å². The fourth-order valence-electron chi connectivity index (χ4n) is 2.93. The molecule has 23 heavy (non-hydrogen) atoms. The lowest BCUT2D eigenvalue weighted by Crippen LogP contribution is -2.33. The second kappa shape index (κ2) is 7.59. The number of hydrogen-bond donors (Lipinski definition) is 2. The largest absolute Gasteiger partial charge is 0.389 e. The number of benzene rings is 2. The summed E-state index contributed by atoms with van der Waals surface area (Å²) < 4.78 is 15.6. The number of likely N-dealkylation sites (N-methyl/N-ethyl adjacent to an activating group) is 1. The summed E-state index contributed by atoms with van der Waals surface area (Å²) in [4.78, 5) is 0. The number of nitrogens with one attached hydrogen (secondary N) is 1. The van der Waals surface area contributed by atoms with Crippen LogP contribution in [0.2, 0.25) is 0 Å². The highest BCUT2D eigenvalue weighted by Gasteiger charge is 2.23. The number of para-hydroxylation sites is 1. The van der Waals surface area contributed by atoms with Crippen LogP contribution in [-0.2, 0) is 0 Å². The van der Waals surface area contributed by atoms with E-state index in [1.807, 2.05) is 47.2 Å². The molecule has 5 heteroatoms. The molecule has 2 N–H and O–H groups in total. The lowest BCUT2D eigenvalue weighted by molar-refractivity contribution is 0.132. The first-order valence-electron chi connectivity index (χ1n) is 7.34. The third kappa shape index (κ3) is 3.55. The minimum atomic E-state index is -0.664. The number of halogens is 2. The molecule has 1 aromatic heterocycles. The number of nitrogens with zero attached hydrogens (tertiary/aromatic N) is 1. The van der Waals surface area contributed by atoms with E-state index < -0.39 is 6.10 Å². The SMILES string of the molecule is CNC[C@H](O)[C@H](c1cccc(F)c1)n1ccc2ccccc21.Cl. The van der Waals surface area contributed by atoms with Gasteiger partial charge in [0.25, 0.3) is 0 Å². The molecule has 0 aliphatic rings. The third-order valence-electron chi connectivity index (χ3n) is 3.90. The molecule has 2 aromatic carbocycles. The number of aliphatic hydroxyl groups excluding tert-OH is 1. The van der Waals surface area contributed by atoms with Gasteiger partial charge >= 0.3 is 0 Å². The molecule has 2 atom stereocenters. The van der Waals surface area contributed by atoms with Crippen molar-refractivity contribution in [2.45, 2.75) is 12.1 Å². The first kappa shape index (κ1) is 17.5. The van der Waals surface area contributed by atoms with Crippen molar-refractivity contribution in [2.75, 3.05) is 13.6 Å². The average molecular weight is 335 g/mol. The van der Waals surface area contributed by atoms with Gasteiger partial charge in [0.2, 0.25) is 0 Å². The molecule has 0 saturated heterocycles. The van der Waals surface area contributed by atoms with Crippen molar-refractivity contribution in [1.29, 1.82) is 0 Å². The van der Waals surface area contributed by atoms with Crippen LogP contribution in [0.5, 0.6) is 0 Å². The lowest BCUT2D eigenvalue weighted by atomic mass is 10.0. The van der Waals surface area contributed by atoms with Gasteiger partial charge in [0.05, 0.1) is 12.1 Å². The Morgan fingerprint density at radius 3 is 2.65 bits per heavy atom. The number of rotatable bonds is 5. The van der Waals surface area contributed by atoms with Crippen LogP contribution in [0.3, 0.4) is 0 Å². The van der Waals surface area contributed by atoms with Crippen LogP contribution in [0.4, 0.5) is 4.39 Å². The summed E-state index contributed by atoms with van der Waals surface area (Å²) in [5.74, 6) is -0.296. The highest BCUT2D eigenvalue weighted by Crippen LogP contribution is 2.28. The number of aromatic nitrogens is 1. The zero-order valence-corrected chi connectivity index (χ0v) is 13.6. The predicted molar refractivity (Wildman–Crippen MR) is 93.7 cm³/mol. The molecule has 0 unspecified atom stereocenters. The molecule has 1 heterocycles. The van der Waals surface area contributed by atoms with Crippen molar-refractivity contribution in [3.8, 4) is 0 Å². The minimum absolute atomic E-state index is 0. The van der Waals surface area contributed by atoms with Crippen LogP contribution in [-0.4, -0.2) is 29.4 Å². The number of hydrogen-bond acceptors (Lipinski definition) is 2. The number of fused-ring (bicyclic) bond motifs is 1. The summed E-state index contributed by atoms with van der Waals surface area (Å²) in [6.07, 6.45) is 1.28. The molecular formula is C18H20ClFN2O. The summed E-state index contributed by atoms with van der Waals surface area (Å²) in [6.45, 7) is 0.424. The highest BCUT2D eigenvalue weighted by molar-refractivity contribution is 5.85. The van der Waals surface area contributed by atoms with E-state index in [4.69, 9.17) is 0 Å². The summed E-state index contributed by atoms with van der Waals surface area (Å²) in [5, 5.41) is 14.7. The Morgan fingerprint density at radius 1 is 1.13 bits per heavy atom. The van der Waals surface area contributed by atoms with Crippen molar-refractivity contribution in [3.63, 3.8) is 0 Å². The van der Waals surface area contributed by atoms with Crippen LogP contribution in [0, 0.1) is 5.82 Å². The first-order chi connectivity index (χ1) is 10.7. The zero-order valence-electron chi connectivity index (χ0n) is 12.8. The standard InChI is InChI=1S/C18H19FN2O.ClH/c1-20-12-17(22)18(14-6-4-7-15(19)11-14)21-10-9-13-5-2-3-8-16(13)21;/h2-11,17-18,20,22H,12H2,1H3;1H/t17-,18-;/m0./s1. The molecular weight excluding hydrogens is 315 g/mol. The van der Waals surface area contributed by atoms with E-state index in [1.165, 1.54) is 12.1 Å². The van der Waals surface area contributed by atoms with E-state index in [2.05, 4.69) is 5.32 Å². The minimum Gasteiger partial charge on any atom is -0.389 e. The summed E-state index contributed by atoms with van der Waals surface area (Å²) >= 11 is 0. The number of aliphatic hydroxyl groups is 1. The summed E-state index contributed by atoms with van der Waals surface area (Å²) in [5.41, 5.74) is 1.77. The van der Waals surface area contributed by atoms with E-state index in [0.717, 1.165) is 16.5 Å². The van der Waals surface area contributed by atoms with Crippen molar-refractivity contribution < 1.29 is 9.50 Å². The second-order valence-corrected chi connectivity index (χ2v) is 5.41. The molecule has 0 bridgehead atoms. The maximum Gasteiger partial charge on any atom is 0.123 e. The van der Waals surface area contributed by atoms with Gasteiger partial charge in [-0.1, -0.05) is 30.3 Å². The van der Waals surface area contributed by atoms with Crippen molar-refractivity contribution >= 4 is 23.3 Å². The molecule has 0 aliphatic heterocycles. The molecule has 3 nitrogen and oxygen atoms in total. The highest BCUT2D eigenvalue weighted by atomic mass is 35.5. The van der Waals surface area contributed by atoms with E-state index in [1.54, 1.807) is 13.1 Å². The van der Waals surface area contributed by atoms with Gasteiger partial charge in [-0.05, 0) is 42.3 Å². The van der Waals surface area contributed by atoms with Crippen LogP contribution in [0.25, 0.3) is 10.9 Å². The van der Waals surface area contributed by atoms with Crippen molar-refractivity contribution in [2.24, 2.45) is 0 Å². The third-order valence-corrected chi connectivity index (χ3v) is 3.90. The van der Waals surface area contributed by atoms with Crippen LogP contribution in [0.15, 0.2) is 60.8 Å². The van der Waals surface area contributed by atoms with Gasteiger partial charge in [-0.3, -0.25) is 0 Å². The molecule has 0 spiro atoms. The van der Waals surface area contributed by atoms with Gasteiger partial charge in [0, 0.05) is 18.3 Å². The topological polar surface area (TPSA) is 37.2 Å². The predicted octanol–water partition coefficient (Wildman–Crippen LogP) is 3.37. The van der Waals surface area contributed by atoms with Gasteiger partial charge in [-0.25, -0.2) is 4.39 Å². The molecule has 0 fully saturated rings. The summed E-state index contributed by atoms with van der Waals surface area (Å²) in [6, 6.07) is 16.1. The molecule has 122 valence electrons. The fourth-order valence-corrected chi connectivity index (χ4v) is 2.93. The molecule has 0 saturated carbocycles. The maximum atomic E-state index is 13.6. The molecule has 3 aromatic rings. The van der Waals surface area contributed by atoms with Crippen LogP contribution < -0.4 is 5.32 Å². The van der Waals surface area contributed by atoms with E-state index in [9.17, 15) is 9.50 Å². The second-order valence-electron chi connectivity index (χ2n) is 5.41. The normalized spacial score (nSPS) is 13.5. The van der Waals surface area contributed by atoms with E-state index in [0.29, 0.717) is 6.54 Å². The molecule has 0 radical (unpaired) electrons. The smallest absolute Gasteiger partial charge is 0.123 e. The molecule has 0 amide bonds. The Kier molecular flexibility index (Phi) is 5.77. The monoisotopic (exact) mass is 334 g/mol. The first-order valence-corrected chi connectivity index (χ1v) is 7.34. The van der Waals surface area contributed by atoms with Gasteiger partial charge < -0.3 is 15.0 Å². The lowest BCUT2D eigenvalue weighted by Gasteiger charge is -2.26. The van der Waals surface area contributed by atoms with E-state index >= 15 is 0 Å². The van der Waals surface area contributed by atoms with Crippen molar-refractivity contribution in [1.82, 2.24) is 9.88 Å². The van der Waals surface area contributed by atoms with Gasteiger partial charge in [0.1, 0.15) is 5.82 Å². The average Bonchev–Trinajstić information content (AvgIpc) is 2.92. The molecule has 0 aliphatic carbocycles. The summed E-state index contributed by atoms with van der Waals surface area (Å²) in [7, 11) is 1.79. The van der Waals surface area contributed by atoms with Crippen LogP contribution >= 0.6 is 12.4 Å². The molecule has 3 rings (SSSR count). The Bertz CT molecular complexity index is 774. The Labute approximate surface area is 141 Å². The van der Waals surface area contributed by atoms with E-state index in [-0.39, 0.29) is 24.3 Å².